The van der Waals surface area contributed by atoms with E-state index in [1.165, 1.54) is 33.4 Å². The lowest BCUT2D eigenvalue weighted by Gasteiger charge is -2.52. The Hall–Kier alpha value is -0.749. The molecule has 0 aromatic heterocycles. The van der Waals surface area contributed by atoms with Crippen LogP contribution in [0.25, 0.3) is 0 Å². The number of benzene rings is 4. The Bertz CT molecular complexity index is 1900. The van der Waals surface area contributed by atoms with Gasteiger partial charge in [0.15, 0.2) is 0 Å². The number of halogens is 1. The van der Waals surface area contributed by atoms with E-state index in [2.05, 4.69) is 214 Å². The molecule has 7 rings (SSSR count). The summed E-state index contributed by atoms with van der Waals surface area (Å²) in [6, 6.07) is 33.8. The zero-order valence-corrected chi connectivity index (χ0v) is 46.6. The van der Waals surface area contributed by atoms with Gasteiger partial charge in [0, 0.05) is 59.3 Å². The Kier molecular flexibility index (Phi) is 12.0. The number of hydrogen-bond acceptors (Lipinski definition) is 1. The molecule has 3 aliphatic carbocycles. The molecule has 56 heavy (non-hydrogen) atoms. The van der Waals surface area contributed by atoms with Gasteiger partial charge in [0.2, 0.25) is 0 Å². The van der Waals surface area contributed by atoms with Crippen LogP contribution in [-0.4, -0.2) is 48.4 Å². The molecule has 2 bridgehead atoms. The fourth-order valence-electron chi connectivity index (χ4n) is 12.8. The zero-order chi connectivity index (χ0) is 41.8. The van der Waals surface area contributed by atoms with Gasteiger partial charge < -0.3 is 0 Å². The summed E-state index contributed by atoms with van der Waals surface area (Å²) in [4.78, 5) is 1.60. The van der Waals surface area contributed by atoms with Gasteiger partial charge in [-0.15, -0.1) is 0 Å². The highest BCUT2D eigenvalue weighted by Crippen LogP contribution is 2.80. The van der Waals surface area contributed by atoms with Gasteiger partial charge in [-0.1, -0.05) is 225 Å². The molecule has 0 aliphatic heterocycles. The van der Waals surface area contributed by atoms with Crippen LogP contribution < -0.4 is 0 Å². The van der Waals surface area contributed by atoms with Gasteiger partial charge in [-0.25, -0.2) is 0 Å². The lowest BCUT2D eigenvalue weighted by atomic mass is 9.60. The van der Waals surface area contributed by atoms with E-state index in [0.717, 1.165) is 0 Å². The Morgan fingerprint density at radius 2 is 0.750 bits per heavy atom. The van der Waals surface area contributed by atoms with Crippen LogP contribution in [0.4, 0.5) is 0 Å². The van der Waals surface area contributed by atoms with Gasteiger partial charge in [-0.3, -0.25) is 0 Å². The summed E-state index contributed by atoms with van der Waals surface area (Å²) in [5.74, 6) is 0.252. The summed E-state index contributed by atoms with van der Waals surface area (Å²) in [6.45, 7) is 46.8. The zero-order valence-electron chi connectivity index (χ0n) is 38.1. The van der Waals surface area contributed by atoms with Gasteiger partial charge in [0.1, 0.15) is 0 Å². The van der Waals surface area contributed by atoms with Crippen molar-refractivity contribution >= 4 is 77.5 Å². The van der Waals surface area contributed by atoms with Gasteiger partial charge in [-0.2, -0.15) is 0 Å². The SMILES string of the molecule is C[Si](C)(C)C(c1cc(C([Si](C)(C)C)[Si](C)(C)C)c(SP(Cl)C23c4ccccc4C(c4ccccc42)c2ccccc23)c(C([Si](C)(C)C)[Si](C)(C)C)c1)[Si](C)(C)C. The van der Waals surface area contributed by atoms with Gasteiger partial charge in [0.05, 0.1) is 11.6 Å². The third-order valence-electron chi connectivity index (χ3n) is 12.7. The maximum atomic E-state index is 8.60. The summed E-state index contributed by atoms with van der Waals surface area (Å²) in [5.41, 5.74) is 13.8. The minimum Gasteiger partial charge on any atom is -0.0821 e. The van der Waals surface area contributed by atoms with E-state index < -0.39 is 60.1 Å². The minimum atomic E-state index is -1.72. The molecule has 4 aromatic carbocycles. The molecule has 3 aliphatic rings. The van der Waals surface area contributed by atoms with Crippen molar-refractivity contribution in [1.29, 1.82) is 0 Å². The van der Waals surface area contributed by atoms with E-state index in [0.29, 0.717) is 15.5 Å². The summed E-state index contributed by atoms with van der Waals surface area (Å²) in [6.07, 6.45) is 0. The van der Waals surface area contributed by atoms with Crippen molar-refractivity contribution in [2.24, 2.45) is 0 Å². The van der Waals surface area contributed by atoms with Gasteiger partial charge in [-0.05, 0) is 65.6 Å². The van der Waals surface area contributed by atoms with Crippen LogP contribution in [0.15, 0.2) is 89.8 Å². The summed E-state index contributed by atoms with van der Waals surface area (Å²) >= 11 is 10.7. The van der Waals surface area contributed by atoms with Crippen molar-refractivity contribution < 1.29 is 0 Å². The van der Waals surface area contributed by atoms with Crippen LogP contribution in [0.1, 0.15) is 71.5 Å². The van der Waals surface area contributed by atoms with E-state index in [-0.39, 0.29) is 5.92 Å². The molecule has 0 saturated carbocycles. The molecule has 1 unspecified atom stereocenters. The van der Waals surface area contributed by atoms with Crippen molar-refractivity contribution in [3.8, 4) is 0 Å². The Morgan fingerprint density at radius 1 is 0.464 bits per heavy atom. The quantitative estimate of drug-likeness (QED) is 0.101. The van der Waals surface area contributed by atoms with Crippen LogP contribution >= 0.6 is 29.1 Å². The highest BCUT2D eigenvalue weighted by atomic mass is 35.7. The van der Waals surface area contributed by atoms with Crippen molar-refractivity contribution in [3.63, 3.8) is 0 Å². The molecule has 0 nitrogen and oxygen atoms in total. The first-order chi connectivity index (χ1) is 25.5. The third kappa shape index (κ3) is 7.83. The van der Waals surface area contributed by atoms with E-state index in [1.807, 2.05) is 0 Å². The van der Waals surface area contributed by atoms with Crippen molar-refractivity contribution in [2.75, 3.05) is 0 Å². The summed E-state index contributed by atoms with van der Waals surface area (Å²) < 4.78 is 0. The average Bonchev–Trinajstić information content (AvgIpc) is 3.02. The van der Waals surface area contributed by atoms with Crippen LogP contribution in [-0.2, 0) is 5.16 Å². The van der Waals surface area contributed by atoms with Crippen LogP contribution in [0.5, 0.6) is 0 Å². The van der Waals surface area contributed by atoms with E-state index >= 15 is 0 Å². The Morgan fingerprint density at radius 3 is 1.04 bits per heavy atom. The molecule has 0 fully saturated rings. The Balaban J connectivity index is 1.77. The van der Waals surface area contributed by atoms with Crippen LogP contribution in [0.2, 0.25) is 118 Å². The van der Waals surface area contributed by atoms with Crippen LogP contribution in [0.3, 0.4) is 0 Å². The second-order valence-corrected chi connectivity index (χ2v) is 62.4. The molecule has 0 saturated heterocycles. The lowest BCUT2D eigenvalue weighted by molar-refractivity contribution is 0.711. The second kappa shape index (κ2) is 15.0. The highest BCUT2D eigenvalue weighted by Gasteiger charge is 2.57. The fourth-order valence-corrected chi connectivity index (χ4v) is 57.2. The van der Waals surface area contributed by atoms with Gasteiger partial charge >= 0.3 is 0 Å². The minimum absolute atomic E-state index is 0.252. The highest BCUT2D eigenvalue weighted by molar-refractivity contribution is 8.63. The molecule has 0 heterocycles. The predicted molar refractivity (Wildman–Crippen MR) is 274 cm³/mol. The lowest BCUT2D eigenvalue weighted by Crippen LogP contribution is -2.49. The topological polar surface area (TPSA) is 0 Å². The number of rotatable bonds is 12. The first kappa shape index (κ1) is 44.8. The standard InChI is InChI=1S/C47H72ClPSSi6/c1-51(2,3)44(52(4,5)6)33-31-37(45(53(7,8)9)54(10,11)12)43(38(32-33)46(55(13,14)15)56(16,17)18)50-49(48)47-39-28-22-19-25-34(39)42(35-26-20-23-29-40(35)47)36-27-21-24-30-41(36)47/h19-32,42,44-46H,1-18H3. The average molecular weight is 904 g/mol. The van der Waals surface area contributed by atoms with Crippen molar-refractivity contribution in [3.05, 3.63) is 135 Å². The normalized spacial score (nSPS) is 19.4. The van der Waals surface area contributed by atoms with Crippen LogP contribution in [0, 0.1) is 0 Å². The van der Waals surface area contributed by atoms with E-state index in [1.54, 1.807) is 21.6 Å². The Labute approximate surface area is 359 Å². The molecule has 0 N–H and O–H groups in total. The molecular weight excluding hydrogens is 832 g/mol. The third-order valence-corrected chi connectivity index (χ3v) is 45.9. The largest absolute Gasteiger partial charge is 0.0895 e. The summed E-state index contributed by atoms with van der Waals surface area (Å²) in [5, 5.41) is 1.52. The van der Waals surface area contributed by atoms with Gasteiger partial charge in [0.25, 0.3) is 0 Å². The molecule has 9 heteroatoms. The molecule has 4 aromatic rings. The maximum Gasteiger partial charge on any atom is 0.0895 e. The number of hydrogen-bond donors (Lipinski definition) is 0. The first-order valence-corrected chi connectivity index (χ1v) is 46.3. The fraction of sp³-hybridized carbons (Fsp3) is 0.489. The molecule has 0 radical (unpaired) electrons. The maximum absolute atomic E-state index is 8.60. The molecular formula is C47H72ClPSSi6. The monoisotopic (exact) mass is 902 g/mol. The molecule has 1 atom stereocenters. The van der Waals surface area contributed by atoms with E-state index in [9.17, 15) is 0 Å². The molecule has 0 spiro atoms. The smallest absolute Gasteiger partial charge is 0.0821 e. The first-order valence-electron chi connectivity index (χ1n) is 21.1. The molecule has 0 amide bonds. The summed E-state index contributed by atoms with van der Waals surface area (Å²) in [7, 11) is -10.1. The van der Waals surface area contributed by atoms with Crippen molar-refractivity contribution in [2.45, 2.75) is 149 Å². The molecule has 302 valence electrons. The van der Waals surface area contributed by atoms with Crippen molar-refractivity contribution in [1.82, 2.24) is 0 Å². The predicted octanol–water partition coefficient (Wildman–Crippen LogP) is 16.6. The van der Waals surface area contributed by atoms with E-state index in [4.69, 9.17) is 11.2 Å². The second-order valence-electron chi connectivity index (χ2n) is 23.8.